The van der Waals surface area contributed by atoms with Crippen LogP contribution in [0.1, 0.15) is 19.4 Å². The van der Waals surface area contributed by atoms with Gasteiger partial charge in [0.2, 0.25) is 0 Å². The van der Waals surface area contributed by atoms with Crippen LogP contribution in [-0.4, -0.2) is 55.2 Å². The maximum atomic E-state index is 12.7. The number of rotatable bonds is 6. The van der Waals surface area contributed by atoms with Crippen LogP contribution in [-0.2, 0) is 6.54 Å². The molecule has 150 valence electrons. The molecule has 0 unspecified atom stereocenters. The number of urea groups is 1. The van der Waals surface area contributed by atoms with E-state index in [0.717, 1.165) is 25.4 Å². The molecule has 6 heteroatoms. The highest BCUT2D eigenvalue weighted by Gasteiger charge is 2.22. The molecule has 28 heavy (non-hydrogen) atoms. The van der Waals surface area contributed by atoms with E-state index < -0.39 is 0 Å². The molecule has 3 rings (SSSR count). The summed E-state index contributed by atoms with van der Waals surface area (Å²) in [5, 5.41) is 2.99. The van der Waals surface area contributed by atoms with Crippen LogP contribution < -0.4 is 14.8 Å². The third-order valence-electron chi connectivity index (χ3n) is 4.74. The van der Waals surface area contributed by atoms with Crippen LogP contribution in [0.2, 0.25) is 0 Å². The van der Waals surface area contributed by atoms with Gasteiger partial charge in [-0.3, -0.25) is 4.90 Å². The fourth-order valence-corrected chi connectivity index (χ4v) is 3.30. The summed E-state index contributed by atoms with van der Waals surface area (Å²) < 4.78 is 11.2. The lowest BCUT2D eigenvalue weighted by atomic mass is 10.1. The fourth-order valence-electron chi connectivity index (χ4n) is 3.30. The summed E-state index contributed by atoms with van der Waals surface area (Å²) in [4.78, 5) is 16.9. The molecule has 1 aliphatic rings. The molecule has 1 saturated heterocycles. The average Bonchev–Trinajstić information content (AvgIpc) is 2.70. The fraction of sp³-hybridized carbons (Fsp3) is 0.409. The number of ether oxygens (including phenoxy) is 2. The van der Waals surface area contributed by atoms with E-state index in [1.165, 1.54) is 5.56 Å². The van der Waals surface area contributed by atoms with Gasteiger partial charge in [-0.25, -0.2) is 4.79 Å². The maximum absolute atomic E-state index is 12.7. The first-order valence-electron chi connectivity index (χ1n) is 9.72. The highest BCUT2D eigenvalue weighted by molar-refractivity contribution is 5.91. The van der Waals surface area contributed by atoms with E-state index in [9.17, 15) is 4.79 Å². The maximum Gasteiger partial charge on any atom is 0.322 e. The predicted octanol–water partition coefficient (Wildman–Crippen LogP) is 3.83. The second-order valence-corrected chi connectivity index (χ2v) is 7.17. The van der Waals surface area contributed by atoms with Crippen molar-refractivity contribution in [1.82, 2.24) is 9.80 Å². The van der Waals surface area contributed by atoms with Gasteiger partial charge in [0.05, 0.1) is 18.9 Å². The lowest BCUT2D eigenvalue weighted by molar-refractivity contribution is 0.142. The van der Waals surface area contributed by atoms with Crippen molar-refractivity contribution in [3.8, 4) is 11.5 Å². The number of piperazine rings is 1. The first kappa shape index (κ1) is 20.0. The van der Waals surface area contributed by atoms with Crippen molar-refractivity contribution in [3.05, 3.63) is 54.1 Å². The largest absolute Gasteiger partial charge is 0.496 e. The van der Waals surface area contributed by atoms with Crippen molar-refractivity contribution in [2.75, 3.05) is 38.6 Å². The van der Waals surface area contributed by atoms with E-state index in [1.807, 2.05) is 61.2 Å². The highest BCUT2D eigenvalue weighted by atomic mass is 16.5. The van der Waals surface area contributed by atoms with Crippen LogP contribution in [0.25, 0.3) is 0 Å². The zero-order valence-corrected chi connectivity index (χ0v) is 16.9. The zero-order chi connectivity index (χ0) is 19.9. The van der Waals surface area contributed by atoms with Gasteiger partial charge in [-0.15, -0.1) is 0 Å². The Morgan fingerprint density at radius 1 is 1.00 bits per heavy atom. The van der Waals surface area contributed by atoms with Crippen molar-refractivity contribution in [2.45, 2.75) is 26.5 Å². The smallest absolute Gasteiger partial charge is 0.322 e. The van der Waals surface area contributed by atoms with Crippen LogP contribution >= 0.6 is 0 Å². The molecule has 2 amide bonds. The number of hydrogen-bond donors (Lipinski definition) is 1. The summed E-state index contributed by atoms with van der Waals surface area (Å²) >= 11 is 0. The Labute approximate surface area is 167 Å². The second kappa shape index (κ2) is 9.46. The number of carbonyl (C=O) groups excluding carboxylic acids is 1. The van der Waals surface area contributed by atoms with E-state index in [0.29, 0.717) is 24.5 Å². The van der Waals surface area contributed by atoms with Gasteiger partial charge >= 0.3 is 6.03 Å². The van der Waals surface area contributed by atoms with Crippen LogP contribution in [0.15, 0.2) is 48.5 Å². The second-order valence-electron chi connectivity index (χ2n) is 7.17. The summed E-state index contributed by atoms with van der Waals surface area (Å²) in [5.41, 5.74) is 1.88. The number of benzene rings is 2. The number of para-hydroxylation sites is 3. The van der Waals surface area contributed by atoms with Gasteiger partial charge in [0.1, 0.15) is 11.5 Å². The van der Waals surface area contributed by atoms with Gasteiger partial charge < -0.3 is 19.7 Å². The molecule has 1 aliphatic heterocycles. The lowest BCUT2D eigenvalue weighted by Crippen LogP contribution is -2.49. The van der Waals surface area contributed by atoms with E-state index in [4.69, 9.17) is 9.47 Å². The van der Waals surface area contributed by atoms with Gasteiger partial charge in [-0.2, -0.15) is 0 Å². The SMILES string of the molecule is COc1ccccc1CN1CCN(C(=O)Nc2ccccc2OC(C)C)CC1. The molecule has 0 spiro atoms. The molecular weight excluding hydrogens is 354 g/mol. The monoisotopic (exact) mass is 383 g/mol. The van der Waals surface area contributed by atoms with Crippen LogP contribution in [0, 0.1) is 0 Å². The highest BCUT2D eigenvalue weighted by Crippen LogP contribution is 2.25. The van der Waals surface area contributed by atoms with Gasteiger partial charge in [0.15, 0.2) is 0 Å². The standard InChI is InChI=1S/C22H29N3O3/c1-17(2)28-21-11-7-5-9-19(21)23-22(26)25-14-12-24(13-15-25)16-18-8-4-6-10-20(18)27-3/h4-11,17H,12-16H2,1-3H3,(H,23,26). The minimum atomic E-state index is -0.0863. The summed E-state index contributed by atoms with van der Waals surface area (Å²) in [6.07, 6.45) is 0.0524. The Hall–Kier alpha value is -2.73. The minimum absolute atomic E-state index is 0.0524. The number of nitrogens with zero attached hydrogens (tertiary/aromatic N) is 2. The number of amides is 2. The molecule has 1 N–H and O–H groups in total. The number of nitrogens with one attached hydrogen (secondary N) is 1. The first-order chi connectivity index (χ1) is 13.6. The summed E-state index contributed by atoms with van der Waals surface area (Å²) in [5.74, 6) is 1.60. The Morgan fingerprint density at radius 3 is 2.32 bits per heavy atom. The Kier molecular flexibility index (Phi) is 6.76. The molecule has 0 aromatic heterocycles. The third-order valence-corrected chi connectivity index (χ3v) is 4.74. The first-order valence-corrected chi connectivity index (χ1v) is 9.72. The molecule has 2 aromatic rings. The van der Waals surface area contributed by atoms with Gasteiger partial charge in [0.25, 0.3) is 0 Å². The van der Waals surface area contributed by atoms with Crippen molar-refractivity contribution >= 4 is 11.7 Å². The molecule has 0 atom stereocenters. The number of anilines is 1. The molecule has 0 bridgehead atoms. The van der Waals surface area contributed by atoms with E-state index in [1.54, 1.807) is 7.11 Å². The number of carbonyl (C=O) groups is 1. The number of hydrogen-bond acceptors (Lipinski definition) is 4. The Balaban J connectivity index is 1.54. The Morgan fingerprint density at radius 2 is 1.64 bits per heavy atom. The van der Waals surface area contributed by atoms with Crippen LogP contribution in [0.5, 0.6) is 11.5 Å². The van der Waals surface area contributed by atoms with Gasteiger partial charge in [0, 0.05) is 38.3 Å². The van der Waals surface area contributed by atoms with E-state index >= 15 is 0 Å². The Bertz CT molecular complexity index is 786. The summed E-state index contributed by atoms with van der Waals surface area (Å²) in [6.45, 7) is 7.80. The topological polar surface area (TPSA) is 54.0 Å². The molecule has 1 fully saturated rings. The van der Waals surface area contributed by atoms with Crippen LogP contribution in [0.4, 0.5) is 10.5 Å². The van der Waals surface area contributed by atoms with E-state index in [-0.39, 0.29) is 12.1 Å². The van der Waals surface area contributed by atoms with Crippen molar-refractivity contribution < 1.29 is 14.3 Å². The number of methoxy groups -OCH3 is 1. The van der Waals surface area contributed by atoms with Gasteiger partial charge in [-0.1, -0.05) is 30.3 Å². The zero-order valence-electron chi connectivity index (χ0n) is 16.9. The molecule has 0 aliphatic carbocycles. The summed E-state index contributed by atoms with van der Waals surface area (Å²) in [6, 6.07) is 15.5. The van der Waals surface area contributed by atoms with Crippen LogP contribution in [0.3, 0.4) is 0 Å². The molecule has 2 aromatic carbocycles. The molecule has 0 saturated carbocycles. The third kappa shape index (κ3) is 5.16. The van der Waals surface area contributed by atoms with E-state index in [2.05, 4.69) is 16.3 Å². The summed E-state index contributed by atoms with van der Waals surface area (Å²) in [7, 11) is 1.70. The van der Waals surface area contributed by atoms with Gasteiger partial charge in [-0.05, 0) is 32.0 Å². The van der Waals surface area contributed by atoms with Crippen molar-refractivity contribution in [3.63, 3.8) is 0 Å². The average molecular weight is 383 g/mol. The molecule has 6 nitrogen and oxygen atoms in total. The normalized spacial score (nSPS) is 14.8. The molecule has 0 radical (unpaired) electrons. The lowest BCUT2D eigenvalue weighted by Gasteiger charge is -2.35. The quantitative estimate of drug-likeness (QED) is 0.824. The van der Waals surface area contributed by atoms with Crippen molar-refractivity contribution in [2.24, 2.45) is 0 Å². The molecule has 1 heterocycles. The predicted molar refractivity (Wildman–Crippen MR) is 111 cm³/mol. The van der Waals surface area contributed by atoms with Crippen molar-refractivity contribution in [1.29, 1.82) is 0 Å². The molecular formula is C22H29N3O3. The minimum Gasteiger partial charge on any atom is -0.496 e.